The van der Waals surface area contributed by atoms with Crippen LogP contribution in [0.4, 0.5) is 5.82 Å². The molecule has 2 aromatic rings. The van der Waals surface area contributed by atoms with Crippen LogP contribution >= 0.6 is 12.4 Å². The van der Waals surface area contributed by atoms with Gasteiger partial charge < -0.3 is 20.5 Å². The first kappa shape index (κ1) is 16.1. The molecule has 0 saturated carbocycles. The van der Waals surface area contributed by atoms with Crippen LogP contribution in [0.25, 0.3) is 11.1 Å². The maximum absolute atomic E-state index is 11.9. The molecule has 22 heavy (non-hydrogen) atoms. The van der Waals surface area contributed by atoms with Crippen molar-refractivity contribution in [1.29, 1.82) is 0 Å². The minimum absolute atomic E-state index is 0. The van der Waals surface area contributed by atoms with Gasteiger partial charge in [0, 0.05) is 18.0 Å². The number of hydrogen-bond donors (Lipinski definition) is 3. The molecule has 0 radical (unpaired) electrons. The van der Waals surface area contributed by atoms with Gasteiger partial charge in [0.25, 0.3) is 0 Å². The first-order valence-electron chi connectivity index (χ1n) is 6.63. The van der Waals surface area contributed by atoms with E-state index in [4.69, 9.17) is 15.2 Å². The van der Waals surface area contributed by atoms with E-state index in [1.54, 1.807) is 13.1 Å². The molecule has 8 heteroatoms. The van der Waals surface area contributed by atoms with Crippen LogP contribution in [0.2, 0.25) is 0 Å². The normalized spacial score (nSPS) is 13.4. The van der Waals surface area contributed by atoms with Gasteiger partial charge in [-0.05, 0) is 17.7 Å². The van der Waals surface area contributed by atoms with E-state index in [1.165, 1.54) is 0 Å². The number of amides is 1. The van der Waals surface area contributed by atoms with Crippen molar-refractivity contribution in [2.45, 2.75) is 6.92 Å². The van der Waals surface area contributed by atoms with Gasteiger partial charge in [-0.25, -0.2) is 0 Å². The first-order chi connectivity index (χ1) is 10.2. The summed E-state index contributed by atoms with van der Waals surface area (Å²) in [5.74, 6) is 1.52. The molecule has 1 aliphatic rings. The van der Waals surface area contributed by atoms with Gasteiger partial charge in [0.2, 0.25) is 12.7 Å². The van der Waals surface area contributed by atoms with Gasteiger partial charge in [-0.3, -0.25) is 9.89 Å². The van der Waals surface area contributed by atoms with Crippen LogP contribution in [0.3, 0.4) is 0 Å². The predicted octanol–water partition coefficient (Wildman–Crippen LogP) is 1.76. The Labute approximate surface area is 133 Å². The molecule has 1 amide bonds. The number of aromatic amines is 1. The Balaban J connectivity index is 0.00000176. The van der Waals surface area contributed by atoms with Crippen LogP contribution in [0, 0.1) is 5.92 Å². The fourth-order valence-electron chi connectivity index (χ4n) is 2.02. The fraction of sp³-hybridized carbons (Fsp3) is 0.286. The smallest absolute Gasteiger partial charge is 0.231 e. The first-order valence-corrected chi connectivity index (χ1v) is 6.63. The molecule has 0 saturated heterocycles. The summed E-state index contributed by atoms with van der Waals surface area (Å²) in [5.41, 5.74) is 7.16. The predicted molar refractivity (Wildman–Crippen MR) is 84.2 cm³/mol. The molecule has 2 heterocycles. The van der Waals surface area contributed by atoms with Crippen molar-refractivity contribution < 1.29 is 14.3 Å². The van der Waals surface area contributed by atoms with Gasteiger partial charge in [-0.2, -0.15) is 5.10 Å². The Bertz CT molecular complexity index is 674. The topological polar surface area (TPSA) is 102 Å². The maximum atomic E-state index is 11.9. The molecule has 0 aliphatic carbocycles. The second kappa shape index (κ2) is 6.67. The Kier molecular flexibility index (Phi) is 4.89. The number of rotatable bonds is 4. The number of hydrogen-bond acceptors (Lipinski definition) is 5. The monoisotopic (exact) mass is 324 g/mol. The van der Waals surface area contributed by atoms with Crippen LogP contribution in [0.1, 0.15) is 6.92 Å². The van der Waals surface area contributed by atoms with E-state index in [0.717, 1.165) is 11.1 Å². The highest BCUT2D eigenvalue weighted by atomic mass is 35.5. The summed E-state index contributed by atoms with van der Waals surface area (Å²) in [6.07, 6.45) is 1.65. The van der Waals surface area contributed by atoms with E-state index >= 15 is 0 Å². The summed E-state index contributed by atoms with van der Waals surface area (Å²) < 4.78 is 10.6. The Morgan fingerprint density at radius 2 is 2.23 bits per heavy atom. The lowest BCUT2D eigenvalue weighted by atomic mass is 10.1. The molecule has 1 aromatic carbocycles. The van der Waals surface area contributed by atoms with Gasteiger partial charge in [-0.15, -0.1) is 12.4 Å². The lowest BCUT2D eigenvalue weighted by Crippen LogP contribution is -2.27. The quantitative estimate of drug-likeness (QED) is 0.795. The molecule has 1 unspecified atom stereocenters. The van der Waals surface area contributed by atoms with E-state index < -0.39 is 0 Å². The Morgan fingerprint density at radius 1 is 1.45 bits per heavy atom. The number of nitrogens with two attached hydrogens (primary N) is 1. The van der Waals surface area contributed by atoms with Crippen LogP contribution in [-0.2, 0) is 4.79 Å². The Morgan fingerprint density at radius 3 is 3.00 bits per heavy atom. The molecule has 7 nitrogen and oxygen atoms in total. The molecular formula is C14H17ClN4O3. The maximum Gasteiger partial charge on any atom is 0.231 e. The average Bonchev–Trinajstić information content (AvgIpc) is 3.13. The second-order valence-corrected chi connectivity index (χ2v) is 4.85. The van der Waals surface area contributed by atoms with Crippen LogP contribution in [0.15, 0.2) is 24.4 Å². The molecule has 1 atom stereocenters. The number of halogens is 1. The summed E-state index contributed by atoms with van der Waals surface area (Å²) >= 11 is 0. The average molecular weight is 325 g/mol. The number of fused-ring (bicyclic) bond motifs is 1. The molecular weight excluding hydrogens is 308 g/mol. The molecule has 3 rings (SSSR count). The van der Waals surface area contributed by atoms with Crippen molar-refractivity contribution in [3.63, 3.8) is 0 Å². The number of anilines is 1. The van der Waals surface area contributed by atoms with Crippen molar-refractivity contribution in [1.82, 2.24) is 10.2 Å². The van der Waals surface area contributed by atoms with Crippen LogP contribution in [-0.4, -0.2) is 29.4 Å². The van der Waals surface area contributed by atoms with E-state index in [1.807, 2.05) is 18.2 Å². The molecule has 4 N–H and O–H groups in total. The highest BCUT2D eigenvalue weighted by molar-refractivity contribution is 5.95. The summed E-state index contributed by atoms with van der Waals surface area (Å²) in [6.45, 7) is 2.28. The van der Waals surface area contributed by atoms with Crippen molar-refractivity contribution in [2.24, 2.45) is 11.7 Å². The highest BCUT2D eigenvalue weighted by Crippen LogP contribution is 2.37. The molecule has 1 aromatic heterocycles. The number of benzene rings is 1. The molecule has 0 spiro atoms. The number of carbonyl (C=O) groups is 1. The largest absolute Gasteiger partial charge is 0.454 e. The third-order valence-corrected chi connectivity index (χ3v) is 3.37. The van der Waals surface area contributed by atoms with Gasteiger partial charge in [0.1, 0.15) is 5.82 Å². The third-order valence-electron chi connectivity index (χ3n) is 3.37. The van der Waals surface area contributed by atoms with E-state index in [9.17, 15) is 4.79 Å². The summed E-state index contributed by atoms with van der Waals surface area (Å²) in [5, 5.41) is 9.57. The number of nitrogens with one attached hydrogen (secondary N) is 2. The van der Waals surface area contributed by atoms with E-state index in [0.29, 0.717) is 23.9 Å². The van der Waals surface area contributed by atoms with Gasteiger partial charge in [0.15, 0.2) is 11.5 Å². The number of nitrogens with zero attached hydrogens (tertiary/aromatic N) is 1. The molecule has 0 bridgehead atoms. The van der Waals surface area contributed by atoms with E-state index in [-0.39, 0.29) is 31.0 Å². The van der Waals surface area contributed by atoms with Gasteiger partial charge >= 0.3 is 0 Å². The number of ether oxygens (including phenoxy) is 2. The summed E-state index contributed by atoms with van der Waals surface area (Å²) in [7, 11) is 0. The van der Waals surface area contributed by atoms with Crippen LogP contribution in [0.5, 0.6) is 11.5 Å². The standard InChI is InChI=1S/C14H16N4O3.ClH/c1-8(5-15)14(19)17-13-10(6-16-18-13)9-2-3-11-12(4-9)21-7-20-11;/h2-4,6,8H,5,7,15H2,1H3,(H2,16,17,18,19);1H. The zero-order valence-electron chi connectivity index (χ0n) is 12.0. The zero-order valence-corrected chi connectivity index (χ0v) is 12.8. The molecule has 118 valence electrons. The van der Waals surface area contributed by atoms with Crippen molar-refractivity contribution >= 4 is 24.1 Å². The SMILES string of the molecule is CC(CN)C(=O)Nc1[nH]ncc1-c1ccc2c(c1)OCO2.Cl. The number of carbonyl (C=O) groups excluding carboxylic acids is 1. The lowest BCUT2D eigenvalue weighted by molar-refractivity contribution is -0.119. The van der Waals surface area contributed by atoms with E-state index in [2.05, 4.69) is 15.5 Å². The van der Waals surface area contributed by atoms with Crippen molar-refractivity contribution in [2.75, 3.05) is 18.7 Å². The van der Waals surface area contributed by atoms with Gasteiger partial charge in [0.05, 0.1) is 6.20 Å². The minimum atomic E-state index is -0.266. The Hall–Kier alpha value is -2.25. The summed E-state index contributed by atoms with van der Waals surface area (Å²) in [6, 6.07) is 5.58. The number of H-pyrrole nitrogens is 1. The number of aromatic nitrogens is 2. The second-order valence-electron chi connectivity index (χ2n) is 4.85. The minimum Gasteiger partial charge on any atom is -0.454 e. The third kappa shape index (κ3) is 3.00. The lowest BCUT2D eigenvalue weighted by Gasteiger charge is -2.10. The molecule has 1 aliphatic heterocycles. The van der Waals surface area contributed by atoms with Crippen molar-refractivity contribution in [3.05, 3.63) is 24.4 Å². The molecule has 0 fully saturated rings. The van der Waals surface area contributed by atoms with Crippen molar-refractivity contribution in [3.8, 4) is 22.6 Å². The zero-order chi connectivity index (χ0) is 14.8. The fourth-order valence-corrected chi connectivity index (χ4v) is 2.02. The summed E-state index contributed by atoms with van der Waals surface area (Å²) in [4.78, 5) is 11.9. The highest BCUT2D eigenvalue weighted by Gasteiger charge is 2.18. The van der Waals surface area contributed by atoms with Gasteiger partial charge in [-0.1, -0.05) is 13.0 Å². The van der Waals surface area contributed by atoms with Crippen LogP contribution < -0.4 is 20.5 Å².